The molecular weight excluding hydrogens is 420 g/mol. The van der Waals surface area contributed by atoms with Crippen LogP contribution >= 0.6 is 11.3 Å². The molecule has 3 heterocycles. The van der Waals surface area contributed by atoms with Crippen molar-refractivity contribution >= 4 is 42.6 Å². The second-order valence-electron chi connectivity index (χ2n) is 8.54. The van der Waals surface area contributed by atoms with E-state index in [1.165, 1.54) is 20.8 Å². The van der Waals surface area contributed by atoms with Gasteiger partial charge in [-0.1, -0.05) is 43.7 Å². The quantitative estimate of drug-likeness (QED) is 0.716. The highest BCUT2D eigenvalue weighted by atomic mass is 32.2. The van der Waals surface area contributed by atoms with Crippen LogP contribution in [0.4, 0.5) is 5.13 Å². The Bertz CT molecular complexity index is 1030. The fourth-order valence-electron chi connectivity index (χ4n) is 4.44. The summed E-state index contributed by atoms with van der Waals surface area (Å²) in [6.07, 6.45) is 3.53. The van der Waals surface area contributed by atoms with Gasteiger partial charge in [0, 0.05) is 32.7 Å². The molecule has 0 aliphatic carbocycles. The Labute approximate surface area is 182 Å². The van der Waals surface area contributed by atoms with Crippen LogP contribution in [0, 0.1) is 0 Å². The molecule has 0 spiro atoms. The van der Waals surface area contributed by atoms with E-state index in [1.54, 1.807) is 11.3 Å². The molecular formula is C21H30N4O3S2. The molecule has 2 saturated heterocycles. The van der Waals surface area contributed by atoms with Crippen molar-refractivity contribution in [1.29, 1.82) is 0 Å². The van der Waals surface area contributed by atoms with Crippen molar-refractivity contribution in [2.75, 3.05) is 43.9 Å². The summed E-state index contributed by atoms with van der Waals surface area (Å²) in [6, 6.07) is 5.81. The van der Waals surface area contributed by atoms with E-state index in [4.69, 9.17) is 4.98 Å². The van der Waals surface area contributed by atoms with Gasteiger partial charge < -0.3 is 9.80 Å². The fraction of sp³-hybridized carbons (Fsp3) is 0.619. The van der Waals surface area contributed by atoms with Crippen molar-refractivity contribution < 1.29 is 13.2 Å². The molecule has 2 aliphatic heterocycles. The molecule has 1 aromatic carbocycles. The number of anilines is 1. The third-order valence-electron chi connectivity index (χ3n) is 6.09. The van der Waals surface area contributed by atoms with Crippen molar-refractivity contribution in [3.8, 4) is 0 Å². The highest BCUT2D eigenvalue weighted by molar-refractivity contribution is 7.88. The molecule has 164 valence electrons. The monoisotopic (exact) mass is 450 g/mol. The predicted molar refractivity (Wildman–Crippen MR) is 122 cm³/mol. The molecule has 0 bridgehead atoms. The van der Waals surface area contributed by atoms with Gasteiger partial charge in [0.2, 0.25) is 15.9 Å². The molecule has 1 unspecified atom stereocenters. The van der Waals surface area contributed by atoms with Crippen molar-refractivity contribution in [1.82, 2.24) is 14.2 Å². The number of piperazine rings is 1. The molecule has 0 saturated carbocycles. The SMILES string of the molecule is CC(C)c1cccc2sc(N3CCN(C(=O)C4CCCCN4S(C)(=O)=O)CC3)nc12. The number of hydrogen-bond acceptors (Lipinski definition) is 6. The van der Waals surface area contributed by atoms with Gasteiger partial charge in [-0.25, -0.2) is 13.4 Å². The molecule has 1 amide bonds. The van der Waals surface area contributed by atoms with Gasteiger partial charge in [-0.15, -0.1) is 0 Å². The molecule has 9 heteroatoms. The number of sulfonamides is 1. The standard InChI is InChI=1S/C21H30N4O3S2/c1-15(2)16-7-6-9-18-19(16)22-21(29-18)24-13-11-23(12-14-24)20(26)17-8-4-5-10-25(17)30(3,27)28/h6-7,9,15,17H,4-5,8,10-14H2,1-3H3. The Morgan fingerprint density at radius 2 is 1.87 bits per heavy atom. The summed E-state index contributed by atoms with van der Waals surface area (Å²) in [6.45, 7) is 7.44. The Kier molecular flexibility index (Phi) is 6.05. The lowest BCUT2D eigenvalue weighted by Gasteiger charge is -2.39. The summed E-state index contributed by atoms with van der Waals surface area (Å²) in [7, 11) is -3.37. The van der Waals surface area contributed by atoms with Gasteiger partial charge in [0.05, 0.1) is 16.5 Å². The lowest BCUT2D eigenvalue weighted by Crippen LogP contribution is -2.57. The first kappa shape index (κ1) is 21.5. The van der Waals surface area contributed by atoms with Crippen LogP contribution in [0.1, 0.15) is 44.6 Å². The van der Waals surface area contributed by atoms with Crippen molar-refractivity contribution in [2.45, 2.75) is 45.1 Å². The second-order valence-corrected chi connectivity index (χ2v) is 11.5. The summed E-state index contributed by atoms with van der Waals surface area (Å²) in [4.78, 5) is 22.1. The van der Waals surface area contributed by atoms with Crippen LogP contribution in [-0.2, 0) is 14.8 Å². The van der Waals surface area contributed by atoms with Crippen LogP contribution in [0.15, 0.2) is 18.2 Å². The average molecular weight is 451 g/mol. The van der Waals surface area contributed by atoms with Crippen LogP contribution in [-0.4, -0.2) is 73.5 Å². The minimum atomic E-state index is -3.37. The van der Waals surface area contributed by atoms with Crippen LogP contribution in [0.25, 0.3) is 10.2 Å². The number of para-hydroxylation sites is 1. The number of carbonyl (C=O) groups is 1. The van der Waals surface area contributed by atoms with Gasteiger partial charge in [-0.2, -0.15) is 4.31 Å². The van der Waals surface area contributed by atoms with Gasteiger partial charge in [0.1, 0.15) is 6.04 Å². The van der Waals surface area contributed by atoms with Gasteiger partial charge in [-0.3, -0.25) is 4.79 Å². The molecule has 2 aliphatic rings. The third kappa shape index (κ3) is 4.20. The van der Waals surface area contributed by atoms with E-state index in [0.29, 0.717) is 45.1 Å². The highest BCUT2D eigenvalue weighted by Crippen LogP contribution is 2.34. The molecule has 7 nitrogen and oxygen atoms in total. The van der Waals surface area contributed by atoms with E-state index >= 15 is 0 Å². The molecule has 0 radical (unpaired) electrons. The number of rotatable bonds is 4. The Morgan fingerprint density at radius 3 is 2.53 bits per heavy atom. The van der Waals surface area contributed by atoms with Crippen molar-refractivity contribution in [3.63, 3.8) is 0 Å². The molecule has 1 aromatic heterocycles. The van der Waals surface area contributed by atoms with Crippen LogP contribution in [0.5, 0.6) is 0 Å². The second kappa shape index (κ2) is 8.43. The number of nitrogens with zero attached hydrogens (tertiary/aromatic N) is 4. The van der Waals surface area contributed by atoms with Gasteiger partial charge in [-0.05, 0) is 30.4 Å². The van der Waals surface area contributed by atoms with Gasteiger partial charge in [0.25, 0.3) is 0 Å². The molecule has 2 aromatic rings. The van der Waals surface area contributed by atoms with Crippen LogP contribution in [0.2, 0.25) is 0 Å². The number of fused-ring (bicyclic) bond motifs is 1. The first-order valence-electron chi connectivity index (χ1n) is 10.7. The summed E-state index contributed by atoms with van der Waals surface area (Å²) < 4.78 is 26.8. The number of amides is 1. The van der Waals surface area contributed by atoms with E-state index < -0.39 is 16.1 Å². The van der Waals surface area contributed by atoms with E-state index in [2.05, 4.69) is 36.9 Å². The minimum Gasteiger partial charge on any atom is -0.345 e. The molecule has 2 fully saturated rings. The summed E-state index contributed by atoms with van der Waals surface area (Å²) >= 11 is 1.70. The average Bonchev–Trinajstić information content (AvgIpc) is 3.17. The minimum absolute atomic E-state index is 0.0498. The third-order valence-corrected chi connectivity index (χ3v) is 8.46. The number of benzene rings is 1. The van der Waals surface area contributed by atoms with E-state index in [9.17, 15) is 13.2 Å². The molecule has 4 rings (SSSR count). The van der Waals surface area contributed by atoms with Gasteiger partial charge in [0.15, 0.2) is 5.13 Å². The van der Waals surface area contributed by atoms with E-state index in [-0.39, 0.29) is 5.91 Å². The summed E-state index contributed by atoms with van der Waals surface area (Å²) in [5, 5.41) is 1.00. The van der Waals surface area contributed by atoms with Gasteiger partial charge >= 0.3 is 0 Å². The number of piperidine rings is 1. The Hall–Kier alpha value is -1.71. The summed E-state index contributed by atoms with van der Waals surface area (Å²) in [5.74, 6) is 0.373. The molecule has 30 heavy (non-hydrogen) atoms. The Balaban J connectivity index is 1.45. The number of hydrogen-bond donors (Lipinski definition) is 0. The molecule has 0 N–H and O–H groups in total. The normalized spacial score (nSPS) is 21.5. The van der Waals surface area contributed by atoms with Crippen molar-refractivity contribution in [3.05, 3.63) is 23.8 Å². The van der Waals surface area contributed by atoms with Crippen LogP contribution in [0.3, 0.4) is 0 Å². The highest BCUT2D eigenvalue weighted by Gasteiger charge is 2.37. The van der Waals surface area contributed by atoms with Crippen LogP contribution < -0.4 is 4.90 Å². The summed E-state index contributed by atoms with van der Waals surface area (Å²) in [5.41, 5.74) is 2.35. The Morgan fingerprint density at radius 1 is 1.13 bits per heavy atom. The first-order valence-corrected chi connectivity index (χ1v) is 13.3. The lowest BCUT2D eigenvalue weighted by molar-refractivity contribution is -0.136. The fourth-order valence-corrected chi connectivity index (χ4v) is 6.61. The van der Waals surface area contributed by atoms with Crippen molar-refractivity contribution in [2.24, 2.45) is 0 Å². The maximum Gasteiger partial charge on any atom is 0.241 e. The predicted octanol–water partition coefficient (Wildman–Crippen LogP) is 2.88. The lowest BCUT2D eigenvalue weighted by atomic mass is 10.0. The largest absolute Gasteiger partial charge is 0.345 e. The van der Waals surface area contributed by atoms with E-state index in [0.717, 1.165) is 23.5 Å². The number of aromatic nitrogens is 1. The smallest absolute Gasteiger partial charge is 0.241 e. The number of thiazole rings is 1. The zero-order valence-electron chi connectivity index (χ0n) is 17.9. The van der Waals surface area contributed by atoms with E-state index in [1.807, 2.05) is 4.90 Å². The maximum absolute atomic E-state index is 13.1. The zero-order chi connectivity index (χ0) is 21.5. The maximum atomic E-state index is 13.1. The topological polar surface area (TPSA) is 73.8 Å². The number of carbonyl (C=O) groups excluding carboxylic acids is 1. The zero-order valence-corrected chi connectivity index (χ0v) is 19.5. The molecule has 1 atom stereocenters. The first-order chi connectivity index (χ1) is 14.3.